The summed E-state index contributed by atoms with van der Waals surface area (Å²) >= 11 is 0.103. The fourth-order valence-electron chi connectivity index (χ4n) is 3.56. The van der Waals surface area contributed by atoms with Gasteiger partial charge in [-0.2, -0.15) is 13.2 Å². The topological polar surface area (TPSA) is 15.3 Å². The lowest BCUT2D eigenvalue weighted by atomic mass is 9.81. The van der Waals surface area contributed by atoms with E-state index in [1.54, 1.807) is 0 Å². The Kier molecular flexibility index (Phi) is 5.88. The molecule has 0 aromatic heterocycles. The molecule has 1 atom stereocenters. The molecule has 1 heterocycles. The summed E-state index contributed by atoms with van der Waals surface area (Å²) in [6.07, 6.45) is 6.47. The molecule has 2 nitrogen and oxygen atoms in total. The molecule has 1 unspecified atom stereocenters. The molecule has 1 saturated heterocycles. The molecule has 2 fully saturated rings. The first-order valence-corrected chi connectivity index (χ1v) is 8.96. The van der Waals surface area contributed by atoms with Crippen molar-refractivity contribution in [2.45, 2.75) is 63.0 Å². The molecule has 0 aromatic carbocycles. The van der Waals surface area contributed by atoms with Gasteiger partial charge in [0.2, 0.25) is 0 Å². The Labute approximate surface area is 130 Å². The minimum Gasteiger partial charge on any atom is -0.311 e. The molecule has 1 aliphatic carbocycles. The van der Waals surface area contributed by atoms with Crippen LogP contribution in [0, 0.1) is 5.92 Å². The van der Waals surface area contributed by atoms with Crippen LogP contribution in [0.15, 0.2) is 0 Å². The Morgan fingerprint density at radius 1 is 1.19 bits per heavy atom. The summed E-state index contributed by atoms with van der Waals surface area (Å²) in [5.41, 5.74) is -4.17. The number of piperazine rings is 1. The van der Waals surface area contributed by atoms with Crippen LogP contribution in [0.2, 0.25) is 0 Å². The molecule has 6 heteroatoms. The van der Waals surface area contributed by atoms with E-state index < -0.39 is 5.51 Å². The van der Waals surface area contributed by atoms with Crippen molar-refractivity contribution >= 4 is 11.8 Å². The highest BCUT2D eigenvalue weighted by Crippen LogP contribution is 2.32. The summed E-state index contributed by atoms with van der Waals surface area (Å²) in [6, 6.07) is 0.453. The van der Waals surface area contributed by atoms with E-state index in [1.165, 1.54) is 32.1 Å². The lowest BCUT2D eigenvalue weighted by Gasteiger charge is -2.48. The van der Waals surface area contributed by atoms with Crippen LogP contribution in [0.4, 0.5) is 13.2 Å². The number of halogens is 3. The summed E-state index contributed by atoms with van der Waals surface area (Å²) < 4.78 is 36.9. The summed E-state index contributed by atoms with van der Waals surface area (Å²) in [6.45, 7) is 6.51. The van der Waals surface area contributed by atoms with Gasteiger partial charge in [-0.3, -0.25) is 4.90 Å². The van der Waals surface area contributed by atoms with E-state index in [0.717, 1.165) is 13.1 Å². The molecular weight excluding hydrogens is 297 g/mol. The predicted octanol–water partition coefficient (Wildman–Crippen LogP) is 3.87. The van der Waals surface area contributed by atoms with E-state index in [-0.39, 0.29) is 23.1 Å². The van der Waals surface area contributed by atoms with Crippen LogP contribution in [0.3, 0.4) is 0 Å². The highest BCUT2D eigenvalue weighted by atomic mass is 32.2. The van der Waals surface area contributed by atoms with Gasteiger partial charge in [-0.15, -0.1) is 0 Å². The first-order valence-electron chi connectivity index (χ1n) is 7.97. The first-order chi connectivity index (χ1) is 9.78. The fourth-order valence-corrected chi connectivity index (χ4v) is 4.10. The zero-order valence-corrected chi connectivity index (χ0v) is 13.8. The van der Waals surface area contributed by atoms with Gasteiger partial charge in [-0.05, 0) is 44.4 Å². The van der Waals surface area contributed by atoms with Gasteiger partial charge < -0.3 is 5.32 Å². The fraction of sp³-hybridized carbons (Fsp3) is 1.00. The van der Waals surface area contributed by atoms with Crippen LogP contribution in [-0.2, 0) is 0 Å². The van der Waals surface area contributed by atoms with E-state index >= 15 is 0 Å². The molecule has 1 saturated carbocycles. The molecule has 0 radical (unpaired) electrons. The SMILES string of the molecule is CC1(C)CNC(C2CCCCC2)CN1CCSC(F)(F)F. The molecule has 2 aliphatic rings. The molecule has 2 rings (SSSR count). The zero-order valence-electron chi connectivity index (χ0n) is 13.0. The highest BCUT2D eigenvalue weighted by molar-refractivity contribution is 8.00. The Morgan fingerprint density at radius 3 is 2.48 bits per heavy atom. The number of hydrogen-bond acceptors (Lipinski definition) is 3. The van der Waals surface area contributed by atoms with Crippen LogP contribution in [0.25, 0.3) is 0 Å². The highest BCUT2D eigenvalue weighted by Gasteiger charge is 2.37. The monoisotopic (exact) mass is 324 g/mol. The molecular formula is C15H27F3N2S. The van der Waals surface area contributed by atoms with Crippen molar-refractivity contribution in [2.24, 2.45) is 5.92 Å². The second-order valence-corrected chi connectivity index (χ2v) is 8.10. The van der Waals surface area contributed by atoms with Gasteiger partial charge in [0.05, 0.1) is 0 Å². The molecule has 0 aromatic rings. The van der Waals surface area contributed by atoms with Crippen molar-refractivity contribution in [1.82, 2.24) is 10.2 Å². The third-order valence-corrected chi connectivity index (χ3v) is 5.63. The van der Waals surface area contributed by atoms with Crippen molar-refractivity contribution in [2.75, 3.05) is 25.4 Å². The summed E-state index contributed by atoms with van der Waals surface area (Å²) in [5.74, 6) is 0.831. The number of alkyl halides is 3. The lowest BCUT2D eigenvalue weighted by Crippen LogP contribution is -2.64. The number of thioether (sulfide) groups is 1. The molecule has 1 aliphatic heterocycles. The van der Waals surface area contributed by atoms with Crippen LogP contribution >= 0.6 is 11.8 Å². The minimum atomic E-state index is -4.11. The normalized spacial score (nSPS) is 28.7. The molecule has 1 N–H and O–H groups in total. The Hall–Kier alpha value is 0.0600. The van der Waals surface area contributed by atoms with Crippen LogP contribution in [-0.4, -0.2) is 47.4 Å². The van der Waals surface area contributed by atoms with Crippen LogP contribution < -0.4 is 5.32 Å². The Morgan fingerprint density at radius 2 is 1.86 bits per heavy atom. The average molecular weight is 324 g/mol. The third kappa shape index (κ3) is 5.32. The second-order valence-electron chi connectivity index (χ2n) is 6.94. The van der Waals surface area contributed by atoms with Gasteiger partial charge in [0.1, 0.15) is 0 Å². The van der Waals surface area contributed by atoms with Crippen LogP contribution in [0.5, 0.6) is 0 Å². The quantitative estimate of drug-likeness (QED) is 0.845. The maximum Gasteiger partial charge on any atom is 0.441 e. The molecule has 0 spiro atoms. The van der Waals surface area contributed by atoms with E-state index in [2.05, 4.69) is 24.1 Å². The van der Waals surface area contributed by atoms with Crippen molar-refractivity contribution in [3.05, 3.63) is 0 Å². The van der Waals surface area contributed by atoms with Gasteiger partial charge in [0.25, 0.3) is 0 Å². The Bertz CT molecular complexity index is 327. The van der Waals surface area contributed by atoms with E-state index in [9.17, 15) is 13.2 Å². The first kappa shape index (κ1) is 17.4. The number of nitrogens with one attached hydrogen (secondary N) is 1. The maximum atomic E-state index is 12.3. The van der Waals surface area contributed by atoms with Crippen LogP contribution in [0.1, 0.15) is 46.0 Å². The van der Waals surface area contributed by atoms with Crippen molar-refractivity contribution in [3.63, 3.8) is 0 Å². The third-order valence-electron chi connectivity index (χ3n) is 4.92. The van der Waals surface area contributed by atoms with Gasteiger partial charge in [0.15, 0.2) is 0 Å². The number of nitrogens with zero attached hydrogens (tertiary/aromatic N) is 1. The van der Waals surface area contributed by atoms with Crippen molar-refractivity contribution < 1.29 is 13.2 Å². The van der Waals surface area contributed by atoms with E-state index in [1.807, 2.05) is 0 Å². The van der Waals surface area contributed by atoms with E-state index in [4.69, 9.17) is 0 Å². The smallest absolute Gasteiger partial charge is 0.311 e. The van der Waals surface area contributed by atoms with E-state index in [0.29, 0.717) is 18.5 Å². The maximum absolute atomic E-state index is 12.3. The molecule has 0 amide bonds. The largest absolute Gasteiger partial charge is 0.441 e. The van der Waals surface area contributed by atoms with Crippen molar-refractivity contribution in [1.29, 1.82) is 0 Å². The second kappa shape index (κ2) is 7.09. The lowest BCUT2D eigenvalue weighted by molar-refractivity contribution is -0.0332. The number of rotatable bonds is 4. The summed E-state index contributed by atoms with van der Waals surface area (Å²) in [7, 11) is 0. The van der Waals surface area contributed by atoms with Gasteiger partial charge in [-0.25, -0.2) is 0 Å². The van der Waals surface area contributed by atoms with Gasteiger partial charge in [0, 0.05) is 37.0 Å². The van der Waals surface area contributed by atoms with Crippen molar-refractivity contribution in [3.8, 4) is 0 Å². The molecule has 124 valence electrons. The predicted molar refractivity (Wildman–Crippen MR) is 82.5 cm³/mol. The summed E-state index contributed by atoms with van der Waals surface area (Å²) in [5, 5.41) is 3.65. The standard InChI is InChI=1S/C15H27F3N2S/c1-14(2)11-19-13(12-6-4-3-5-7-12)10-20(14)8-9-21-15(16,17)18/h12-13,19H,3-11H2,1-2H3. The summed E-state index contributed by atoms with van der Waals surface area (Å²) in [4.78, 5) is 2.25. The number of hydrogen-bond donors (Lipinski definition) is 1. The van der Waals surface area contributed by atoms with Gasteiger partial charge in [-0.1, -0.05) is 19.3 Å². The molecule has 21 heavy (non-hydrogen) atoms. The zero-order chi connectivity index (χ0) is 15.5. The molecule has 0 bridgehead atoms. The van der Waals surface area contributed by atoms with Gasteiger partial charge >= 0.3 is 5.51 Å². The Balaban J connectivity index is 1.86. The minimum absolute atomic E-state index is 0.0582. The average Bonchev–Trinajstić information content (AvgIpc) is 2.40.